The molecule has 3 aromatic rings. The Bertz CT molecular complexity index is 1770. The first kappa shape index (κ1) is 49.6. The van der Waals surface area contributed by atoms with E-state index in [1.807, 2.05) is 18.2 Å². The zero-order valence-electron chi connectivity index (χ0n) is 32.4. The number of carbonyl (C=O) groups excluding carboxylic acids is 5. The van der Waals surface area contributed by atoms with Crippen LogP contribution in [-0.2, 0) is 35.2 Å². The predicted molar refractivity (Wildman–Crippen MR) is 191 cm³/mol. The zero-order chi connectivity index (χ0) is 40.0. The average molecular weight is 810 g/mol. The third-order valence-corrected chi connectivity index (χ3v) is 8.93. The van der Waals surface area contributed by atoms with E-state index < -0.39 is 79.0 Å². The Hall–Kier alpha value is -3.55. The van der Waals surface area contributed by atoms with Gasteiger partial charge in [-0.3, -0.25) is 9.59 Å². The summed E-state index contributed by atoms with van der Waals surface area (Å²) in [5.41, 5.74) is 2.47. The maximum absolute atomic E-state index is 13.1. The minimum Gasteiger partial charge on any atom is -0.550 e. The molecule has 4 rings (SSSR count). The maximum Gasteiger partial charge on any atom is 1.00 e. The van der Waals surface area contributed by atoms with Crippen molar-refractivity contribution in [3.63, 3.8) is 0 Å². The van der Waals surface area contributed by atoms with Crippen molar-refractivity contribution >= 4 is 29.8 Å². The van der Waals surface area contributed by atoms with E-state index in [0.29, 0.717) is 17.7 Å². The van der Waals surface area contributed by atoms with E-state index in [0.717, 1.165) is 18.1 Å². The molecule has 0 spiro atoms. The van der Waals surface area contributed by atoms with E-state index in [1.54, 1.807) is 67.8 Å². The van der Waals surface area contributed by atoms with Crippen LogP contribution in [0.25, 0.3) is 11.1 Å². The molecule has 0 radical (unpaired) electrons. The van der Waals surface area contributed by atoms with Crippen molar-refractivity contribution in [1.82, 2.24) is 16.0 Å². The Morgan fingerprint density at radius 3 is 2.19 bits per heavy atom. The van der Waals surface area contributed by atoms with Crippen LogP contribution in [-0.4, -0.2) is 96.5 Å². The number of aliphatic carboxylic acids is 2. The molecule has 1 fully saturated rings. The van der Waals surface area contributed by atoms with E-state index in [4.69, 9.17) is 18.9 Å². The van der Waals surface area contributed by atoms with Crippen molar-refractivity contribution in [2.75, 3.05) is 20.3 Å². The number of aliphatic hydroxyl groups excluding tert-OH is 2. The molecule has 16 nitrogen and oxygen atoms in total. The van der Waals surface area contributed by atoms with Gasteiger partial charge in [0.15, 0.2) is 0 Å². The third-order valence-electron chi connectivity index (χ3n) is 8.93. The number of unbranched alkanes of at least 4 members (excludes halogenated alkanes) is 2. The second kappa shape index (κ2) is 24.4. The number of benzene rings is 3. The number of amides is 3. The number of hydrogen-bond donors (Lipinski definition) is 5. The minimum absolute atomic E-state index is 0. The zero-order valence-corrected chi connectivity index (χ0v) is 36.4. The average Bonchev–Trinajstić information content (AvgIpc) is 3.18. The largest absolute Gasteiger partial charge is 1.00 e. The number of carboxylic acid groups (broad SMARTS) is 2. The van der Waals surface area contributed by atoms with Gasteiger partial charge in [-0.1, -0.05) is 67.1 Å². The molecule has 0 bridgehead atoms. The van der Waals surface area contributed by atoms with Crippen molar-refractivity contribution in [2.45, 2.75) is 81.8 Å². The Labute approximate surface area is 374 Å². The fraction of sp³-hybridized carbons (Fsp3) is 0.410. The fourth-order valence-corrected chi connectivity index (χ4v) is 6.14. The number of hydrogen-bond acceptors (Lipinski definition) is 13. The molecule has 6 atom stereocenters. The van der Waals surface area contributed by atoms with Gasteiger partial charge in [0.2, 0.25) is 11.7 Å². The first-order chi connectivity index (χ1) is 26.3. The summed E-state index contributed by atoms with van der Waals surface area (Å²) in [5.74, 6) is -6.37. The molecule has 5 N–H and O–H groups in total. The van der Waals surface area contributed by atoms with Gasteiger partial charge in [-0.2, -0.15) is 0 Å². The van der Waals surface area contributed by atoms with Gasteiger partial charge >= 0.3 is 65.2 Å². The summed E-state index contributed by atoms with van der Waals surface area (Å²) in [7, 11) is 1.55. The van der Waals surface area contributed by atoms with Gasteiger partial charge in [0, 0.05) is 37.0 Å². The van der Waals surface area contributed by atoms with Gasteiger partial charge in [0.25, 0.3) is 5.91 Å². The number of carbonyl (C=O) groups is 5. The summed E-state index contributed by atoms with van der Waals surface area (Å²) in [6, 6.07) is 19.9. The topological polar surface area (TPSA) is 245 Å². The number of para-hydroxylation sites is 1. The number of methoxy groups -OCH3 is 1. The molecular weight excluding hydrogens is 764 g/mol. The van der Waals surface area contributed by atoms with Crippen molar-refractivity contribution < 1.29 is 122 Å². The molecule has 296 valence electrons. The van der Waals surface area contributed by atoms with Crippen LogP contribution in [0, 0.1) is 0 Å². The molecule has 0 aromatic heterocycles. The number of rotatable bonds is 19. The van der Waals surface area contributed by atoms with Crippen molar-refractivity contribution in [3.8, 4) is 16.9 Å². The molecule has 1 saturated heterocycles. The summed E-state index contributed by atoms with van der Waals surface area (Å²) in [6.07, 6.45) is -6.65. The molecule has 0 aliphatic carbocycles. The van der Waals surface area contributed by atoms with E-state index in [9.17, 15) is 44.4 Å². The number of carboxylic acids is 2. The van der Waals surface area contributed by atoms with Gasteiger partial charge in [0.05, 0.1) is 31.9 Å². The molecule has 57 heavy (non-hydrogen) atoms. The monoisotopic (exact) mass is 809 g/mol. The quantitative estimate of drug-likeness (QED) is 0.0561. The van der Waals surface area contributed by atoms with E-state index in [2.05, 4.69) is 16.0 Å². The van der Waals surface area contributed by atoms with E-state index in [1.165, 1.54) is 0 Å². The van der Waals surface area contributed by atoms with Gasteiger partial charge < -0.3 is 64.9 Å². The standard InChI is InChI=1S/C39H47N3O13.2Na/c1-24(43)41-33-29(42-38(51)53-23-25-11-5-3-6-12-25)21-39(37(49)50,54-20-10-4-7-15-32(45)46)55-35(33)34(47)30(44)22-40-36(48)27-18-16-26(17-19-27)28-13-8-9-14-31(28)52-2;;/h3,5-6,8-9,11-14,16-19,29-30,33-35,44,47H,4,7,10,15,20-23H2,1-2H3,(H,40,48)(H,41,43)(H,42,51)(H,45,46)(H,49,50);;/q;2*+1/p-2/t29-,30+,33+,34+,35+,39+;;/m0../s1. The molecule has 3 aromatic carbocycles. The van der Waals surface area contributed by atoms with E-state index in [-0.39, 0.29) is 97.2 Å². The first-order valence-corrected chi connectivity index (χ1v) is 17.7. The summed E-state index contributed by atoms with van der Waals surface area (Å²) >= 11 is 0. The van der Waals surface area contributed by atoms with Crippen molar-refractivity contribution in [3.05, 3.63) is 90.0 Å². The Morgan fingerprint density at radius 1 is 0.895 bits per heavy atom. The van der Waals surface area contributed by atoms with Gasteiger partial charge in [-0.25, -0.2) is 4.79 Å². The van der Waals surface area contributed by atoms with Gasteiger partial charge in [0.1, 0.15) is 30.5 Å². The smallest absolute Gasteiger partial charge is 0.550 e. The van der Waals surface area contributed by atoms with Crippen LogP contribution in [0.3, 0.4) is 0 Å². The number of nitrogens with one attached hydrogen (secondary N) is 3. The normalized spacial score (nSPS) is 19.6. The van der Waals surface area contributed by atoms with E-state index >= 15 is 0 Å². The minimum atomic E-state index is -2.63. The molecule has 1 aliphatic rings. The first-order valence-electron chi connectivity index (χ1n) is 17.7. The molecule has 0 saturated carbocycles. The molecule has 1 heterocycles. The van der Waals surface area contributed by atoms with Crippen LogP contribution in [0.15, 0.2) is 78.9 Å². The van der Waals surface area contributed by atoms with Crippen LogP contribution >= 0.6 is 0 Å². The Morgan fingerprint density at radius 2 is 1.56 bits per heavy atom. The molecule has 1 aliphatic heterocycles. The van der Waals surface area contributed by atoms with Crippen molar-refractivity contribution in [1.29, 1.82) is 0 Å². The van der Waals surface area contributed by atoms with Gasteiger partial charge in [-0.05, 0) is 48.6 Å². The van der Waals surface area contributed by atoms with Gasteiger partial charge in [-0.15, -0.1) is 0 Å². The maximum atomic E-state index is 13.1. The van der Waals surface area contributed by atoms with Crippen LogP contribution in [0.1, 0.15) is 54.9 Å². The number of ether oxygens (including phenoxy) is 4. The number of alkyl carbamates (subject to hydrolysis) is 1. The van der Waals surface area contributed by atoms with Crippen LogP contribution in [0.2, 0.25) is 0 Å². The fourth-order valence-electron chi connectivity index (χ4n) is 6.14. The molecule has 18 heteroatoms. The predicted octanol–water partition coefficient (Wildman–Crippen LogP) is -5.82. The molecular formula is C39H45N3Na2O13. The summed E-state index contributed by atoms with van der Waals surface area (Å²) in [4.78, 5) is 62.0. The summed E-state index contributed by atoms with van der Waals surface area (Å²) in [6.45, 7) is 0.181. The number of aliphatic hydroxyl groups is 2. The summed E-state index contributed by atoms with van der Waals surface area (Å²) < 4.78 is 22.3. The molecule has 3 amide bonds. The van der Waals surface area contributed by atoms with Crippen molar-refractivity contribution in [2.24, 2.45) is 0 Å². The van der Waals surface area contributed by atoms with Crippen LogP contribution in [0.5, 0.6) is 5.75 Å². The second-order valence-corrected chi connectivity index (χ2v) is 12.9. The third kappa shape index (κ3) is 14.7. The van der Waals surface area contributed by atoms with Crippen LogP contribution < -0.4 is 90.0 Å². The summed E-state index contributed by atoms with van der Waals surface area (Å²) in [5, 5.41) is 53.7. The SMILES string of the molecule is COc1ccccc1-c1ccc(C(=O)NC[C@@H](O)[C@@H](O)[C@@H]2O[C@@](OCCCCCC(=O)[O-])(C(=O)[O-])C[C@H](NC(=O)OCc3ccccc3)[C@H]2NC(C)=O)cc1.[Na+].[Na+]. The molecule has 0 unspecified atom stereocenters. The second-order valence-electron chi connectivity index (χ2n) is 12.9. The van der Waals surface area contributed by atoms with Crippen LogP contribution in [0.4, 0.5) is 4.79 Å². The Kier molecular flexibility index (Phi) is 21.2. The Balaban J connectivity index is 0.00000561.